The lowest BCUT2D eigenvalue weighted by Crippen LogP contribution is -2.25. The predicted octanol–water partition coefficient (Wildman–Crippen LogP) is 0.649. The van der Waals surface area contributed by atoms with Crippen LogP contribution in [0.4, 0.5) is 0 Å². The second kappa shape index (κ2) is 6.14. The molecule has 0 amide bonds. The summed E-state index contributed by atoms with van der Waals surface area (Å²) < 4.78 is 0. The summed E-state index contributed by atoms with van der Waals surface area (Å²) in [5.74, 6) is 0. The highest BCUT2D eigenvalue weighted by Gasteiger charge is 1.98. The van der Waals surface area contributed by atoms with Gasteiger partial charge in [-0.3, -0.25) is 0 Å². The zero-order valence-corrected chi connectivity index (χ0v) is 7.17. The minimum Gasteiger partial charge on any atom is -0.393 e. The Morgan fingerprint density at radius 1 is 1.55 bits per heavy atom. The fourth-order valence-electron chi connectivity index (χ4n) is 0.762. The van der Waals surface area contributed by atoms with Crippen LogP contribution in [0.1, 0.15) is 26.7 Å². The van der Waals surface area contributed by atoms with Crippen LogP contribution in [0.25, 0.3) is 0 Å². The number of rotatable bonds is 5. The van der Waals surface area contributed by atoms with Crippen molar-refractivity contribution in [3.63, 3.8) is 0 Å². The molecule has 2 unspecified atom stereocenters. The van der Waals surface area contributed by atoms with Crippen molar-refractivity contribution in [2.75, 3.05) is 6.54 Å². The fourth-order valence-corrected chi connectivity index (χ4v) is 0.762. The molecule has 0 radical (unpaired) electrons. The van der Waals surface area contributed by atoms with Crippen LogP contribution in [0.5, 0.6) is 0 Å². The van der Waals surface area contributed by atoms with E-state index in [-0.39, 0.29) is 12.1 Å². The van der Waals surface area contributed by atoms with Gasteiger partial charge in [0.15, 0.2) is 0 Å². The van der Waals surface area contributed by atoms with E-state index in [1.807, 2.05) is 6.92 Å². The van der Waals surface area contributed by atoms with E-state index in [4.69, 9.17) is 10.4 Å². The molecular weight excluding hydrogens is 140 g/mol. The Hall–Kier alpha value is -0.590. The summed E-state index contributed by atoms with van der Waals surface area (Å²) in [5.41, 5.74) is 0. The van der Waals surface area contributed by atoms with E-state index >= 15 is 0 Å². The van der Waals surface area contributed by atoms with E-state index in [0.717, 1.165) is 19.4 Å². The molecule has 0 aliphatic carbocycles. The van der Waals surface area contributed by atoms with Gasteiger partial charge in [-0.2, -0.15) is 5.26 Å². The van der Waals surface area contributed by atoms with Gasteiger partial charge in [0, 0.05) is 0 Å². The van der Waals surface area contributed by atoms with Crippen molar-refractivity contribution in [1.82, 2.24) is 5.32 Å². The van der Waals surface area contributed by atoms with E-state index in [1.54, 1.807) is 6.92 Å². The van der Waals surface area contributed by atoms with Crippen molar-refractivity contribution in [2.45, 2.75) is 38.8 Å². The minimum absolute atomic E-state index is 0.0796. The standard InChI is InChI=1S/C8H16N2O/c1-7(6-9)10-5-3-4-8(2)11/h7-8,10-11H,3-5H2,1-2H3. The maximum Gasteiger partial charge on any atom is 0.0924 e. The quantitative estimate of drug-likeness (QED) is 0.574. The summed E-state index contributed by atoms with van der Waals surface area (Å²) in [6.07, 6.45) is 1.49. The molecule has 2 N–H and O–H groups in total. The molecule has 0 fully saturated rings. The molecule has 0 aromatic heterocycles. The van der Waals surface area contributed by atoms with Crippen LogP contribution in [0, 0.1) is 11.3 Å². The van der Waals surface area contributed by atoms with Gasteiger partial charge in [-0.25, -0.2) is 0 Å². The molecule has 0 saturated carbocycles. The van der Waals surface area contributed by atoms with Crippen LogP contribution < -0.4 is 5.32 Å². The molecule has 0 saturated heterocycles. The average Bonchev–Trinajstić information content (AvgIpc) is 1.97. The van der Waals surface area contributed by atoms with E-state index in [2.05, 4.69) is 11.4 Å². The largest absolute Gasteiger partial charge is 0.393 e. The molecule has 11 heavy (non-hydrogen) atoms. The maximum atomic E-state index is 8.88. The fraction of sp³-hybridized carbons (Fsp3) is 0.875. The predicted molar refractivity (Wildman–Crippen MR) is 44.0 cm³/mol. The smallest absolute Gasteiger partial charge is 0.0924 e. The van der Waals surface area contributed by atoms with E-state index in [9.17, 15) is 0 Å². The zero-order chi connectivity index (χ0) is 8.69. The lowest BCUT2D eigenvalue weighted by atomic mass is 10.2. The van der Waals surface area contributed by atoms with E-state index in [0.29, 0.717) is 0 Å². The molecular formula is C8H16N2O. The number of nitriles is 1. The Morgan fingerprint density at radius 3 is 2.64 bits per heavy atom. The van der Waals surface area contributed by atoms with Crippen LogP contribution in [-0.2, 0) is 0 Å². The van der Waals surface area contributed by atoms with Crippen LogP contribution in [0.3, 0.4) is 0 Å². The third-order valence-corrected chi connectivity index (χ3v) is 1.44. The van der Waals surface area contributed by atoms with Crippen LogP contribution in [-0.4, -0.2) is 23.8 Å². The molecule has 2 atom stereocenters. The molecule has 3 nitrogen and oxygen atoms in total. The van der Waals surface area contributed by atoms with Crippen LogP contribution in [0.2, 0.25) is 0 Å². The molecule has 0 heterocycles. The van der Waals surface area contributed by atoms with Crippen LogP contribution >= 0.6 is 0 Å². The summed E-state index contributed by atoms with van der Waals surface area (Å²) in [4.78, 5) is 0. The second-order valence-electron chi connectivity index (χ2n) is 2.80. The Bertz CT molecular complexity index is 129. The Morgan fingerprint density at radius 2 is 2.18 bits per heavy atom. The Labute approximate surface area is 68.0 Å². The third-order valence-electron chi connectivity index (χ3n) is 1.44. The SMILES string of the molecule is CC(O)CCCNC(C)C#N. The maximum absolute atomic E-state index is 8.88. The monoisotopic (exact) mass is 156 g/mol. The van der Waals surface area contributed by atoms with Crippen LogP contribution in [0.15, 0.2) is 0 Å². The van der Waals surface area contributed by atoms with Crippen molar-refractivity contribution >= 4 is 0 Å². The first-order chi connectivity index (χ1) is 5.16. The van der Waals surface area contributed by atoms with Gasteiger partial charge in [-0.05, 0) is 33.2 Å². The highest BCUT2D eigenvalue weighted by molar-refractivity contribution is 4.84. The molecule has 0 bridgehead atoms. The molecule has 0 aliphatic rings. The Balaban J connectivity index is 3.10. The zero-order valence-electron chi connectivity index (χ0n) is 7.17. The highest BCUT2D eigenvalue weighted by atomic mass is 16.3. The average molecular weight is 156 g/mol. The van der Waals surface area contributed by atoms with Gasteiger partial charge in [0.1, 0.15) is 0 Å². The first-order valence-electron chi connectivity index (χ1n) is 3.98. The first kappa shape index (κ1) is 10.4. The molecule has 0 spiro atoms. The summed E-state index contributed by atoms with van der Waals surface area (Å²) in [7, 11) is 0. The topological polar surface area (TPSA) is 56.0 Å². The van der Waals surface area contributed by atoms with Gasteiger partial charge in [0.05, 0.1) is 18.2 Å². The first-order valence-corrected chi connectivity index (χ1v) is 3.98. The molecule has 0 rings (SSSR count). The van der Waals surface area contributed by atoms with Crippen molar-refractivity contribution < 1.29 is 5.11 Å². The highest BCUT2D eigenvalue weighted by Crippen LogP contribution is 1.93. The Kier molecular flexibility index (Phi) is 5.81. The van der Waals surface area contributed by atoms with Gasteiger partial charge in [0.2, 0.25) is 0 Å². The molecule has 0 aromatic rings. The minimum atomic E-state index is -0.228. The van der Waals surface area contributed by atoms with Crippen molar-refractivity contribution in [3.05, 3.63) is 0 Å². The molecule has 64 valence electrons. The third kappa shape index (κ3) is 7.31. The van der Waals surface area contributed by atoms with Gasteiger partial charge < -0.3 is 10.4 Å². The summed E-state index contributed by atoms with van der Waals surface area (Å²) in [6.45, 7) is 4.40. The van der Waals surface area contributed by atoms with Gasteiger partial charge in [0.25, 0.3) is 0 Å². The normalized spacial score (nSPS) is 15.5. The number of hydrogen-bond donors (Lipinski definition) is 2. The number of aliphatic hydroxyl groups excluding tert-OH is 1. The summed E-state index contributed by atoms with van der Waals surface area (Å²) in [6, 6.07) is 2.00. The van der Waals surface area contributed by atoms with Crippen molar-refractivity contribution in [1.29, 1.82) is 5.26 Å². The number of aliphatic hydroxyl groups is 1. The van der Waals surface area contributed by atoms with E-state index in [1.165, 1.54) is 0 Å². The summed E-state index contributed by atoms with van der Waals surface area (Å²) >= 11 is 0. The van der Waals surface area contributed by atoms with E-state index < -0.39 is 0 Å². The summed E-state index contributed by atoms with van der Waals surface area (Å²) in [5, 5.41) is 20.3. The number of nitrogens with zero attached hydrogens (tertiary/aromatic N) is 1. The van der Waals surface area contributed by atoms with Gasteiger partial charge in [-0.15, -0.1) is 0 Å². The molecule has 3 heteroatoms. The lowest BCUT2D eigenvalue weighted by Gasteiger charge is -2.06. The second-order valence-corrected chi connectivity index (χ2v) is 2.80. The van der Waals surface area contributed by atoms with Gasteiger partial charge >= 0.3 is 0 Å². The van der Waals surface area contributed by atoms with Crippen molar-refractivity contribution in [3.8, 4) is 6.07 Å². The van der Waals surface area contributed by atoms with Crippen molar-refractivity contribution in [2.24, 2.45) is 0 Å². The van der Waals surface area contributed by atoms with Gasteiger partial charge in [-0.1, -0.05) is 0 Å². The lowest BCUT2D eigenvalue weighted by molar-refractivity contribution is 0.181. The number of hydrogen-bond acceptors (Lipinski definition) is 3. The molecule has 0 aromatic carbocycles. The number of nitrogens with one attached hydrogen (secondary N) is 1. The molecule has 0 aliphatic heterocycles.